The molecule has 188 valence electrons. The normalized spacial score (nSPS) is 12.3. The third kappa shape index (κ3) is 5.33. The van der Waals surface area contributed by atoms with Gasteiger partial charge in [-0.15, -0.1) is 0 Å². The van der Waals surface area contributed by atoms with Gasteiger partial charge in [0.15, 0.2) is 11.5 Å². The minimum Gasteiger partial charge on any atom is -0.493 e. The van der Waals surface area contributed by atoms with Crippen LogP contribution in [0, 0.1) is 13.8 Å². The maximum atomic E-state index is 13.4. The van der Waals surface area contributed by atoms with Crippen molar-refractivity contribution in [1.29, 1.82) is 0 Å². The second-order valence-corrected chi connectivity index (χ2v) is 10.8. The summed E-state index contributed by atoms with van der Waals surface area (Å²) in [6.07, 6.45) is 0. The summed E-state index contributed by atoms with van der Waals surface area (Å²) in [5.41, 5.74) is 2.48. The van der Waals surface area contributed by atoms with Crippen LogP contribution in [0.4, 0.5) is 5.69 Å². The number of methoxy groups -OCH3 is 2. The predicted octanol–water partition coefficient (Wildman–Crippen LogP) is 7.20. The van der Waals surface area contributed by atoms with Gasteiger partial charge in [0, 0.05) is 16.1 Å². The molecular formula is C27H25Cl2NO5S. The molecule has 4 rings (SSSR count). The summed E-state index contributed by atoms with van der Waals surface area (Å²) in [7, 11) is -0.939. The van der Waals surface area contributed by atoms with Gasteiger partial charge in [0.25, 0.3) is 10.0 Å². The first kappa shape index (κ1) is 25.9. The topological polar surface area (TPSA) is 77.8 Å². The van der Waals surface area contributed by atoms with E-state index in [1.165, 1.54) is 14.2 Å². The summed E-state index contributed by atoms with van der Waals surface area (Å²) < 4.78 is 46.5. The molecule has 0 saturated heterocycles. The smallest absolute Gasteiger partial charge is 0.261 e. The largest absolute Gasteiger partial charge is 0.493 e. The highest BCUT2D eigenvalue weighted by atomic mass is 35.5. The van der Waals surface area contributed by atoms with Gasteiger partial charge >= 0.3 is 0 Å². The molecule has 0 spiro atoms. The van der Waals surface area contributed by atoms with E-state index in [0.29, 0.717) is 49.9 Å². The molecule has 0 aliphatic rings. The van der Waals surface area contributed by atoms with Gasteiger partial charge in [0.2, 0.25) is 0 Å². The van der Waals surface area contributed by atoms with Gasteiger partial charge in [-0.05, 0) is 67.4 Å². The van der Waals surface area contributed by atoms with Crippen LogP contribution in [0.1, 0.15) is 34.1 Å². The van der Waals surface area contributed by atoms with Crippen molar-refractivity contribution in [3.8, 4) is 11.5 Å². The summed E-state index contributed by atoms with van der Waals surface area (Å²) in [5.74, 6) is 1.46. The van der Waals surface area contributed by atoms with Crippen molar-refractivity contribution in [1.82, 2.24) is 0 Å². The summed E-state index contributed by atoms with van der Waals surface area (Å²) in [5, 5.41) is 0.884. The number of nitrogens with one attached hydrogen (secondary N) is 1. The number of aryl methyl sites for hydroxylation is 2. The third-order valence-corrected chi connectivity index (χ3v) is 7.71. The molecule has 1 heterocycles. The molecule has 0 fully saturated rings. The number of hydrogen-bond donors (Lipinski definition) is 1. The molecule has 0 aliphatic carbocycles. The zero-order chi connectivity index (χ0) is 26.0. The molecular weight excluding hydrogens is 521 g/mol. The minimum absolute atomic E-state index is 0.128. The van der Waals surface area contributed by atoms with Crippen molar-refractivity contribution >= 4 is 38.9 Å². The van der Waals surface area contributed by atoms with Crippen LogP contribution in [0.3, 0.4) is 0 Å². The van der Waals surface area contributed by atoms with E-state index in [9.17, 15) is 8.42 Å². The van der Waals surface area contributed by atoms with E-state index in [1.807, 2.05) is 26.0 Å². The Morgan fingerprint density at radius 1 is 0.833 bits per heavy atom. The van der Waals surface area contributed by atoms with Crippen LogP contribution in [-0.2, 0) is 10.0 Å². The Kier molecular flexibility index (Phi) is 7.54. The van der Waals surface area contributed by atoms with E-state index >= 15 is 0 Å². The monoisotopic (exact) mass is 545 g/mol. The van der Waals surface area contributed by atoms with Gasteiger partial charge in [-0.2, -0.15) is 0 Å². The number of anilines is 1. The van der Waals surface area contributed by atoms with E-state index in [1.54, 1.807) is 54.6 Å². The van der Waals surface area contributed by atoms with Crippen LogP contribution in [-0.4, -0.2) is 22.6 Å². The Morgan fingerprint density at radius 3 is 2.08 bits per heavy atom. The Labute approximate surface area is 220 Å². The fourth-order valence-electron chi connectivity index (χ4n) is 3.96. The summed E-state index contributed by atoms with van der Waals surface area (Å²) in [4.78, 5) is 0.128. The average Bonchev–Trinajstić information content (AvgIpc) is 3.26. The van der Waals surface area contributed by atoms with Crippen LogP contribution in [0.25, 0.3) is 0 Å². The maximum absolute atomic E-state index is 13.4. The van der Waals surface area contributed by atoms with Gasteiger partial charge in [0.05, 0.1) is 30.7 Å². The van der Waals surface area contributed by atoms with Crippen molar-refractivity contribution in [3.05, 3.63) is 105 Å². The van der Waals surface area contributed by atoms with Crippen LogP contribution >= 0.6 is 23.2 Å². The average molecular weight is 546 g/mol. The van der Waals surface area contributed by atoms with Crippen molar-refractivity contribution < 1.29 is 22.3 Å². The molecule has 1 N–H and O–H groups in total. The molecule has 4 aromatic rings. The van der Waals surface area contributed by atoms with Crippen LogP contribution in [0.2, 0.25) is 10.0 Å². The minimum atomic E-state index is -3.94. The molecule has 0 bridgehead atoms. The second-order valence-electron chi connectivity index (χ2n) is 8.26. The zero-order valence-electron chi connectivity index (χ0n) is 20.1. The SMILES string of the molecule is COc1cc(NS(=O)(=O)c2ccc(C)cc2)c(C(c2ccc(C)o2)c2ccc(Cl)cc2Cl)cc1OC. The highest BCUT2D eigenvalue weighted by molar-refractivity contribution is 7.92. The van der Waals surface area contributed by atoms with Crippen molar-refractivity contribution in [3.63, 3.8) is 0 Å². The Hall–Kier alpha value is -3.13. The summed E-state index contributed by atoms with van der Waals surface area (Å²) >= 11 is 12.8. The number of rotatable bonds is 8. The molecule has 0 aliphatic heterocycles. The molecule has 0 saturated carbocycles. The predicted molar refractivity (Wildman–Crippen MR) is 142 cm³/mol. The quantitative estimate of drug-likeness (QED) is 0.253. The Balaban J connectivity index is 1.96. The first-order valence-electron chi connectivity index (χ1n) is 11.0. The van der Waals surface area contributed by atoms with Gasteiger partial charge in [0.1, 0.15) is 11.5 Å². The van der Waals surface area contributed by atoms with Crippen molar-refractivity contribution in [2.24, 2.45) is 0 Å². The van der Waals surface area contributed by atoms with Crippen molar-refractivity contribution in [2.75, 3.05) is 18.9 Å². The summed E-state index contributed by atoms with van der Waals surface area (Å²) in [6, 6.07) is 18.7. The fraction of sp³-hybridized carbons (Fsp3) is 0.185. The standard InChI is InChI=1S/C27H25Cl2NO5S/c1-16-5-9-19(10-6-16)36(31,32)30-23-15-26(34-4)25(33-3)14-21(23)27(24-12-7-17(2)35-24)20-11-8-18(28)13-22(20)29/h5-15,27,30H,1-4H3. The van der Waals surface area contributed by atoms with E-state index in [0.717, 1.165) is 5.56 Å². The third-order valence-electron chi connectivity index (χ3n) is 5.76. The molecule has 0 amide bonds. The Morgan fingerprint density at radius 2 is 1.50 bits per heavy atom. The van der Waals surface area contributed by atoms with Crippen LogP contribution in [0.5, 0.6) is 11.5 Å². The molecule has 1 aromatic heterocycles. The van der Waals surface area contributed by atoms with E-state index < -0.39 is 15.9 Å². The highest BCUT2D eigenvalue weighted by Gasteiger charge is 2.29. The molecule has 1 unspecified atom stereocenters. The lowest BCUT2D eigenvalue weighted by atomic mass is 9.87. The van der Waals surface area contributed by atoms with Crippen LogP contribution < -0.4 is 14.2 Å². The van der Waals surface area contributed by atoms with E-state index in [2.05, 4.69) is 4.72 Å². The lowest BCUT2D eigenvalue weighted by molar-refractivity contribution is 0.354. The number of hydrogen-bond acceptors (Lipinski definition) is 5. The van der Waals surface area contributed by atoms with Crippen molar-refractivity contribution in [2.45, 2.75) is 24.7 Å². The lowest BCUT2D eigenvalue weighted by Crippen LogP contribution is -2.16. The number of halogens is 2. The van der Waals surface area contributed by atoms with Gasteiger partial charge in [-0.3, -0.25) is 4.72 Å². The fourth-order valence-corrected chi connectivity index (χ4v) is 5.56. The van der Waals surface area contributed by atoms with E-state index in [-0.39, 0.29) is 4.90 Å². The molecule has 3 aromatic carbocycles. The zero-order valence-corrected chi connectivity index (χ0v) is 22.5. The Bertz CT molecular complexity index is 1500. The van der Waals surface area contributed by atoms with E-state index in [4.69, 9.17) is 37.1 Å². The number of benzene rings is 3. The van der Waals surface area contributed by atoms with Crippen LogP contribution in [0.15, 0.2) is 76.0 Å². The first-order chi connectivity index (χ1) is 17.1. The van der Waals surface area contributed by atoms with Gasteiger partial charge in [-0.1, -0.05) is 47.0 Å². The van der Waals surface area contributed by atoms with Gasteiger partial charge < -0.3 is 13.9 Å². The maximum Gasteiger partial charge on any atom is 0.261 e. The summed E-state index contributed by atoms with van der Waals surface area (Å²) in [6.45, 7) is 3.72. The lowest BCUT2D eigenvalue weighted by Gasteiger charge is -2.23. The first-order valence-corrected chi connectivity index (χ1v) is 13.2. The number of sulfonamides is 1. The van der Waals surface area contributed by atoms with Gasteiger partial charge in [-0.25, -0.2) is 8.42 Å². The molecule has 9 heteroatoms. The second kappa shape index (κ2) is 10.5. The molecule has 36 heavy (non-hydrogen) atoms. The highest BCUT2D eigenvalue weighted by Crippen LogP contribution is 2.45. The molecule has 0 radical (unpaired) electrons. The molecule has 1 atom stereocenters. The number of ether oxygens (including phenoxy) is 2. The number of furan rings is 1. The molecule has 6 nitrogen and oxygen atoms in total.